The standard InChI is InChI=1S/C22H29FN4O2/c1-24-22(25-13-17-6-4-5-7-21(17)23)26-18-8-9-27(15-18)14-16-10-19(28-2)12-20(11-16)29-3/h4-7,10-12,18H,8-9,13-15H2,1-3H3,(H2,24,25,26). The Labute approximate surface area is 171 Å². The van der Waals surface area contributed by atoms with E-state index in [9.17, 15) is 4.39 Å². The van der Waals surface area contributed by atoms with Gasteiger partial charge in [-0.25, -0.2) is 4.39 Å². The smallest absolute Gasteiger partial charge is 0.191 e. The number of guanidine groups is 1. The van der Waals surface area contributed by atoms with Crippen molar-refractivity contribution in [3.63, 3.8) is 0 Å². The maximum atomic E-state index is 13.8. The molecule has 3 rings (SSSR count). The molecule has 1 fully saturated rings. The minimum absolute atomic E-state index is 0.212. The molecule has 0 amide bonds. The van der Waals surface area contributed by atoms with Gasteiger partial charge in [0.1, 0.15) is 17.3 Å². The van der Waals surface area contributed by atoms with Crippen LogP contribution in [0.15, 0.2) is 47.5 Å². The number of benzene rings is 2. The number of hydrogen-bond acceptors (Lipinski definition) is 4. The van der Waals surface area contributed by atoms with Gasteiger partial charge in [-0.2, -0.15) is 0 Å². The summed E-state index contributed by atoms with van der Waals surface area (Å²) >= 11 is 0. The lowest BCUT2D eigenvalue weighted by Gasteiger charge is -2.19. The number of methoxy groups -OCH3 is 2. The zero-order chi connectivity index (χ0) is 20.6. The van der Waals surface area contributed by atoms with Gasteiger partial charge in [-0.1, -0.05) is 18.2 Å². The molecular formula is C22H29FN4O2. The third-order valence-corrected chi connectivity index (χ3v) is 5.06. The molecule has 0 aromatic heterocycles. The summed E-state index contributed by atoms with van der Waals surface area (Å²) in [7, 11) is 5.05. The zero-order valence-electron chi connectivity index (χ0n) is 17.2. The first kappa shape index (κ1) is 20.9. The fraction of sp³-hybridized carbons (Fsp3) is 0.409. The summed E-state index contributed by atoms with van der Waals surface area (Å²) in [4.78, 5) is 6.66. The molecule has 2 N–H and O–H groups in total. The fourth-order valence-corrected chi connectivity index (χ4v) is 3.52. The molecule has 1 unspecified atom stereocenters. The predicted octanol–water partition coefficient (Wildman–Crippen LogP) is 2.78. The second-order valence-corrected chi connectivity index (χ2v) is 7.10. The van der Waals surface area contributed by atoms with E-state index in [0.717, 1.165) is 43.1 Å². The van der Waals surface area contributed by atoms with Gasteiger partial charge in [-0.3, -0.25) is 9.89 Å². The molecule has 1 aliphatic heterocycles. The number of likely N-dealkylation sites (tertiary alicyclic amines) is 1. The number of ether oxygens (including phenoxy) is 2. The number of rotatable bonds is 7. The van der Waals surface area contributed by atoms with Gasteiger partial charge in [0.05, 0.1) is 14.2 Å². The largest absolute Gasteiger partial charge is 0.497 e. The van der Waals surface area contributed by atoms with Crippen molar-refractivity contribution in [2.75, 3.05) is 34.4 Å². The molecule has 0 radical (unpaired) electrons. The molecule has 1 aliphatic rings. The SMILES string of the molecule is CN=C(NCc1ccccc1F)NC1CCN(Cc2cc(OC)cc(OC)c2)C1. The van der Waals surface area contributed by atoms with Crippen molar-refractivity contribution in [3.05, 3.63) is 59.4 Å². The zero-order valence-corrected chi connectivity index (χ0v) is 17.2. The molecule has 29 heavy (non-hydrogen) atoms. The average molecular weight is 400 g/mol. The van der Waals surface area contributed by atoms with Crippen LogP contribution in [-0.4, -0.2) is 51.3 Å². The predicted molar refractivity (Wildman–Crippen MR) is 113 cm³/mol. The summed E-state index contributed by atoms with van der Waals surface area (Å²) in [6.45, 7) is 3.11. The average Bonchev–Trinajstić information content (AvgIpc) is 3.18. The first-order chi connectivity index (χ1) is 14.1. The van der Waals surface area contributed by atoms with Gasteiger partial charge in [-0.15, -0.1) is 0 Å². The Morgan fingerprint density at radius 1 is 1.17 bits per heavy atom. The maximum absolute atomic E-state index is 13.8. The van der Waals surface area contributed by atoms with Crippen LogP contribution in [0, 0.1) is 5.82 Å². The molecule has 2 aromatic carbocycles. The van der Waals surface area contributed by atoms with Crippen LogP contribution in [0.4, 0.5) is 4.39 Å². The van der Waals surface area contributed by atoms with E-state index >= 15 is 0 Å². The van der Waals surface area contributed by atoms with Crippen LogP contribution in [0.5, 0.6) is 11.5 Å². The van der Waals surface area contributed by atoms with E-state index in [1.165, 1.54) is 6.07 Å². The lowest BCUT2D eigenvalue weighted by Crippen LogP contribution is -2.44. The van der Waals surface area contributed by atoms with E-state index < -0.39 is 0 Å². The van der Waals surface area contributed by atoms with Gasteiger partial charge in [0.25, 0.3) is 0 Å². The van der Waals surface area contributed by atoms with E-state index in [1.54, 1.807) is 33.4 Å². The summed E-state index contributed by atoms with van der Waals surface area (Å²) in [5.41, 5.74) is 1.78. The Balaban J connectivity index is 1.52. The molecule has 1 saturated heterocycles. The number of hydrogen-bond donors (Lipinski definition) is 2. The lowest BCUT2D eigenvalue weighted by atomic mass is 10.2. The highest BCUT2D eigenvalue weighted by molar-refractivity contribution is 5.80. The Morgan fingerprint density at radius 3 is 2.55 bits per heavy atom. The maximum Gasteiger partial charge on any atom is 0.191 e. The van der Waals surface area contributed by atoms with Crippen molar-refractivity contribution in [1.82, 2.24) is 15.5 Å². The molecule has 7 heteroatoms. The number of nitrogens with one attached hydrogen (secondary N) is 2. The fourth-order valence-electron chi connectivity index (χ4n) is 3.52. The second-order valence-electron chi connectivity index (χ2n) is 7.10. The van der Waals surface area contributed by atoms with Crippen molar-refractivity contribution < 1.29 is 13.9 Å². The minimum Gasteiger partial charge on any atom is -0.497 e. The van der Waals surface area contributed by atoms with Crippen LogP contribution in [0.25, 0.3) is 0 Å². The molecule has 0 saturated carbocycles. The Bertz CT molecular complexity index is 821. The second kappa shape index (κ2) is 10.1. The molecular weight excluding hydrogens is 371 g/mol. The van der Waals surface area contributed by atoms with Gasteiger partial charge in [0.2, 0.25) is 0 Å². The molecule has 0 bridgehead atoms. The summed E-state index contributed by atoms with van der Waals surface area (Å²) in [5.74, 6) is 2.07. The highest BCUT2D eigenvalue weighted by Crippen LogP contribution is 2.24. The molecule has 156 valence electrons. The molecule has 2 aromatic rings. The third kappa shape index (κ3) is 5.84. The van der Waals surface area contributed by atoms with Gasteiger partial charge in [0.15, 0.2) is 5.96 Å². The van der Waals surface area contributed by atoms with Crippen molar-refractivity contribution in [2.45, 2.75) is 25.6 Å². The molecule has 1 heterocycles. The molecule has 6 nitrogen and oxygen atoms in total. The lowest BCUT2D eigenvalue weighted by molar-refractivity contribution is 0.321. The van der Waals surface area contributed by atoms with Crippen LogP contribution >= 0.6 is 0 Å². The first-order valence-electron chi connectivity index (χ1n) is 9.76. The van der Waals surface area contributed by atoms with Gasteiger partial charge in [-0.05, 0) is 30.2 Å². The topological polar surface area (TPSA) is 58.1 Å². The highest BCUT2D eigenvalue weighted by Gasteiger charge is 2.23. The summed E-state index contributed by atoms with van der Waals surface area (Å²) < 4.78 is 24.5. The Hall–Kier alpha value is -2.80. The molecule has 1 atom stereocenters. The van der Waals surface area contributed by atoms with E-state index in [0.29, 0.717) is 18.1 Å². The van der Waals surface area contributed by atoms with Gasteiger partial charge in [0, 0.05) is 50.9 Å². The molecule has 0 spiro atoms. The first-order valence-corrected chi connectivity index (χ1v) is 9.76. The Morgan fingerprint density at radius 2 is 1.90 bits per heavy atom. The van der Waals surface area contributed by atoms with Gasteiger partial charge >= 0.3 is 0 Å². The van der Waals surface area contributed by atoms with Crippen LogP contribution in [0.2, 0.25) is 0 Å². The van der Waals surface area contributed by atoms with Crippen LogP contribution in [0.3, 0.4) is 0 Å². The van der Waals surface area contributed by atoms with E-state index in [1.807, 2.05) is 24.3 Å². The summed E-state index contributed by atoms with van der Waals surface area (Å²) in [6.07, 6.45) is 1.02. The monoisotopic (exact) mass is 400 g/mol. The summed E-state index contributed by atoms with van der Waals surface area (Å²) in [5, 5.41) is 6.64. The van der Waals surface area contributed by atoms with E-state index in [4.69, 9.17) is 9.47 Å². The minimum atomic E-state index is -0.212. The number of aliphatic imine (C=N–C) groups is 1. The van der Waals surface area contributed by atoms with Gasteiger partial charge < -0.3 is 20.1 Å². The molecule has 0 aliphatic carbocycles. The number of halogens is 1. The van der Waals surface area contributed by atoms with Crippen molar-refractivity contribution >= 4 is 5.96 Å². The van der Waals surface area contributed by atoms with Crippen LogP contribution in [0.1, 0.15) is 17.5 Å². The normalized spacial score (nSPS) is 17.2. The van der Waals surface area contributed by atoms with Crippen LogP contribution in [-0.2, 0) is 13.1 Å². The van der Waals surface area contributed by atoms with E-state index in [2.05, 4.69) is 20.5 Å². The third-order valence-electron chi connectivity index (χ3n) is 5.06. The Kier molecular flexibility index (Phi) is 7.30. The van der Waals surface area contributed by atoms with Crippen LogP contribution < -0.4 is 20.1 Å². The number of nitrogens with zero attached hydrogens (tertiary/aromatic N) is 2. The van der Waals surface area contributed by atoms with Crippen molar-refractivity contribution in [3.8, 4) is 11.5 Å². The summed E-state index contributed by atoms with van der Waals surface area (Å²) in [6, 6.07) is 13.0. The van der Waals surface area contributed by atoms with Crippen molar-refractivity contribution in [2.24, 2.45) is 4.99 Å². The van der Waals surface area contributed by atoms with Crippen molar-refractivity contribution in [1.29, 1.82) is 0 Å². The quantitative estimate of drug-likeness (QED) is 0.553. The van der Waals surface area contributed by atoms with E-state index in [-0.39, 0.29) is 11.9 Å². The highest BCUT2D eigenvalue weighted by atomic mass is 19.1.